The van der Waals surface area contributed by atoms with Crippen molar-refractivity contribution in [1.82, 2.24) is 5.32 Å². The molecule has 0 aliphatic carbocycles. The van der Waals surface area contributed by atoms with Crippen molar-refractivity contribution < 1.29 is 0 Å². The van der Waals surface area contributed by atoms with Gasteiger partial charge in [0.05, 0.1) is 0 Å². The van der Waals surface area contributed by atoms with Crippen LogP contribution in [0.25, 0.3) is 0 Å². The Hall–Kier alpha value is -0.460. The third-order valence-electron chi connectivity index (χ3n) is 2.57. The van der Waals surface area contributed by atoms with Crippen LogP contribution in [0.15, 0.2) is 12.3 Å². The Labute approximate surface area is 77.2 Å². The first-order valence-corrected chi connectivity index (χ1v) is 4.97. The quantitative estimate of drug-likeness (QED) is 0.601. The van der Waals surface area contributed by atoms with Crippen molar-refractivity contribution in [3.63, 3.8) is 0 Å². The van der Waals surface area contributed by atoms with Gasteiger partial charge in [-0.05, 0) is 12.8 Å². The molecule has 0 spiro atoms. The van der Waals surface area contributed by atoms with Gasteiger partial charge >= 0.3 is 0 Å². The van der Waals surface area contributed by atoms with Gasteiger partial charge in [0.1, 0.15) is 0 Å². The Morgan fingerprint density at radius 3 is 2.33 bits per heavy atom. The largest absolute Gasteiger partial charge is 0.388 e. The normalized spacial score (nSPS) is 11.3. The second kappa shape index (κ2) is 5.23. The number of rotatable bonds is 6. The van der Waals surface area contributed by atoms with Gasteiger partial charge in [0.25, 0.3) is 0 Å². The second-order valence-electron chi connectivity index (χ2n) is 4.00. The first-order chi connectivity index (χ1) is 5.54. The van der Waals surface area contributed by atoms with Crippen molar-refractivity contribution in [3.8, 4) is 0 Å². The minimum absolute atomic E-state index is 0.244. The van der Waals surface area contributed by atoms with E-state index >= 15 is 0 Å². The zero-order valence-corrected chi connectivity index (χ0v) is 9.04. The molecule has 0 saturated carbocycles. The predicted octanol–water partition coefficient (Wildman–Crippen LogP) is 3.33. The summed E-state index contributed by atoms with van der Waals surface area (Å²) in [7, 11) is 0. The van der Waals surface area contributed by atoms with E-state index < -0.39 is 0 Å². The molecule has 0 amide bonds. The fourth-order valence-electron chi connectivity index (χ4n) is 0.869. The molecule has 0 unspecified atom stereocenters. The first-order valence-electron chi connectivity index (χ1n) is 4.97. The molecule has 0 aliphatic rings. The van der Waals surface area contributed by atoms with Crippen LogP contribution in [-0.4, -0.2) is 6.54 Å². The van der Waals surface area contributed by atoms with E-state index in [0.29, 0.717) is 0 Å². The van der Waals surface area contributed by atoms with E-state index in [1.165, 1.54) is 18.5 Å². The lowest BCUT2D eigenvalue weighted by molar-refractivity contribution is 0.398. The number of allylic oxidation sites excluding steroid dienone is 1. The van der Waals surface area contributed by atoms with Crippen molar-refractivity contribution in [2.24, 2.45) is 5.41 Å². The van der Waals surface area contributed by atoms with Crippen molar-refractivity contribution in [2.45, 2.75) is 47.0 Å². The van der Waals surface area contributed by atoms with Gasteiger partial charge in [-0.2, -0.15) is 0 Å². The molecule has 0 aliphatic heterocycles. The molecular weight excluding hydrogens is 146 g/mol. The Morgan fingerprint density at radius 1 is 1.33 bits per heavy atom. The molecule has 0 aromatic rings. The maximum atomic E-state index is 4.06. The van der Waals surface area contributed by atoms with Crippen LogP contribution < -0.4 is 5.32 Å². The zero-order chi connectivity index (χ0) is 9.61. The van der Waals surface area contributed by atoms with E-state index in [1.807, 2.05) is 0 Å². The van der Waals surface area contributed by atoms with Crippen LogP contribution >= 0.6 is 0 Å². The molecule has 0 radical (unpaired) electrons. The van der Waals surface area contributed by atoms with Crippen molar-refractivity contribution >= 4 is 0 Å². The average Bonchev–Trinajstić information content (AvgIpc) is 2.05. The number of hydrogen-bond acceptors (Lipinski definition) is 1. The fraction of sp³-hybridized carbons (Fsp3) is 0.818. The molecule has 0 atom stereocenters. The Bertz CT molecular complexity index is 136. The van der Waals surface area contributed by atoms with E-state index in [1.54, 1.807) is 0 Å². The SMILES string of the molecule is C=C(NCCCC)C(C)(C)CC. The summed E-state index contributed by atoms with van der Waals surface area (Å²) in [6.07, 6.45) is 3.62. The van der Waals surface area contributed by atoms with Gasteiger partial charge in [-0.1, -0.05) is 40.7 Å². The van der Waals surface area contributed by atoms with Crippen LogP contribution in [-0.2, 0) is 0 Å². The Kier molecular flexibility index (Phi) is 5.03. The first kappa shape index (κ1) is 11.5. The molecule has 0 saturated heterocycles. The lowest BCUT2D eigenvalue weighted by atomic mass is 9.87. The van der Waals surface area contributed by atoms with Gasteiger partial charge in [-0.15, -0.1) is 0 Å². The number of unbranched alkanes of at least 4 members (excludes halogenated alkanes) is 1. The highest BCUT2D eigenvalue weighted by molar-refractivity contribution is 5.03. The molecular formula is C11H23N. The maximum absolute atomic E-state index is 4.06. The summed E-state index contributed by atoms with van der Waals surface area (Å²) in [5, 5.41) is 3.38. The second-order valence-corrected chi connectivity index (χ2v) is 4.00. The lowest BCUT2D eigenvalue weighted by Gasteiger charge is -2.26. The predicted molar refractivity (Wildman–Crippen MR) is 56.1 cm³/mol. The summed E-state index contributed by atoms with van der Waals surface area (Å²) >= 11 is 0. The van der Waals surface area contributed by atoms with E-state index in [9.17, 15) is 0 Å². The van der Waals surface area contributed by atoms with Crippen LogP contribution in [0.4, 0.5) is 0 Å². The number of nitrogens with one attached hydrogen (secondary N) is 1. The van der Waals surface area contributed by atoms with E-state index in [0.717, 1.165) is 13.0 Å². The van der Waals surface area contributed by atoms with Crippen LogP contribution in [0.5, 0.6) is 0 Å². The summed E-state index contributed by atoms with van der Waals surface area (Å²) < 4.78 is 0. The smallest absolute Gasteiger partial charge is 0.0143 e. The summed E-state index contributed by atoms with van der Waals surface area (Å²) in [5.41, 5.74) is 1.42. The minimum Gasteiger partial charge on any atom is -0.388 e. The highest BCUT2D eigenvalue weighted by Crippen LogP contribution is 2.26. The van der Waals surface area contributed by atoms with Gasteiger partial charge in [0.2, 0.25) is 0 Å². The van der Waals surface area contributed by atoms with Crippen molar-refractivity contribution in [2.75, 3.05) is 6.54 Å². The van der Waals surface area contributed by atoms with Gasteiger partial charge in [0, 0.05) is 17.7 Å². The van der Waals surface area contributed by atoms with Gasteiger partial charge < -0.3 is 5.32 Å². The molecule has 1 heteroatoms. The number of hydrogen-bond donors (Lipinski definition) is 1. The topological polar surface area (TPSA) is 12.0 Å². The van der Waals surface area contributed by atoms with Gasteiger partial charge in [-0.3, -0.25) is 0 Å². The molecule has 12 heavy (non-hydrogen) atoms. The summed E-state index contributed by atoms with van der Waals surface area (Å²) in [6, 6.07) is 0. The summed E-state index contributed by atoms with van der Waals surface area (Å²) in [4.78, 5) is 0. The van der Waals surface area contributed by atoms with Gasteiger partial charge in [-0.25, -0.2) is 0 Å². The lowest BCUT2D eigenvalue weighted by Crippen LogP contribution is -2.26. The fourth-order valence-corrected chi connectivity index (χ4v) is 0.869. The highest BCUT2D eigenvalue weighted by atomic mass is 14.9. The Morgan fingerprint density at radius 2 is 1.92 bits per heavy atom. The Balaban J connectivity index is 3.72. The third kappa shape index (κ3) is 3.80. The van der Waals surface area contributed by atoms with E-state index in [2.05, 4.69) is 39.6 Å². The molecule has 1 nitrogen and oxygen atoms in total. The molecule has 0 heterocycles. The highest BCUT2D eigenvalue weighted by Gasteiger charge is 2.18. The molecule has 0 aromatic carbocycles. The van der Waals surface area contributed by atoms with Crippen LogP contribution in [0.3, 0.4) is 0 Å². The van der Waals surface area contributed by atoms with E-state index in [-0.39, 0.29) is 5.41 Å². The molecule has 72 valence electrons. The molecule has 0 fully saturated rings. The van der Waals surface area contributed by atoms with E-state index in [4.69, 9.17) is 0 Å². The molecule has 0 rings (SSSR count). The summed E-state index contributed by atoms with van der Waals surface area (Å²) in [5.74, 6) is 0. The van der Waals surface area contributed by atoms with Crippen molar-refractivity contribution in [1.29, 1.82) is 0 Å². The third-order valence-corrected chi connectivity index (χ3v) is 2.57. The van der Waals surface area contributed by atoms with Gasteiger partial charge in [0.15, 0.2) is 0 Å². The molecule has 0 aromatic heterocycles. The zero-order valence-electron chi connectivity index (χ0n) is 9.04. The molecule has 0 bridgehead atoms. The standard InChI is InChI=1S/C11H23N/c1-6-8-9-12-10(3)11(4,5)7-2/h12H,3,6-9H2,1-2,4-5H3. The van der Waals surface area contributed by atoms with Crippen LogP contribution in [0.1, 0.15) is 47.0 Å². The van der Waals surface area contributed by atoms with Crippen molar-refractivity contribution in [3.05, 3.63) is 12.3 Å². The van der Waals surface area contributed by atoms with Crippen LogP contribution in [0.2, 0.25) is 0 Å². The average molecular weight is 169 g/mol. The minimum atomic E-state index is 0.244. The maximum Gasteiger partial charge on any atom is 0.0143 e. The van der Waals surface area contributed by atoms with Crippen LogP contribution in [0, 0.1) is 5.41 Å². The summed E-state index contributed by atoms with van der Waals surface area (Å²) in [6.45, 7) is 14.0. The molecule has 1 N–H and O–H groups in total. The monoisotopic (exact) mass is 169 g/mol.